The maximum atomic E-state index is 13.1. The summed E-state index contributed by atoms with van der Waals surface area (Å²) in [5, 5.41) is 9.63. The first kappa shape index (κ1) is 18.9. The molecule has 142 valence electrons. The van der Waals surface area contributed by atoms with Gasteiger partial charge in [-0.3, -0.25) is 9.59 Å². The van der Waals surface area contributed by atoms with Gasteiger partial charge in [-0.2, -0.15) is 0 Å². The van der Waals surface area contributed by atoms with Gasteiger partial charge in [0.1, 0.15) is 0 Å². The third kappa shape index (κ3) is 4.24. The summed E-state index contributed by atoms with van der Waals surface area (Å²) < 4.78 is 0. The van der Waals surface area contributed by atoms with Crippen molar-refractivity contribution >= 4 is 17.5 Å². The van der Waals surface area contributed by atoms with Gasteiger partial charge in [-0.1, -0.05) is 6.07 Å². The van der Waals surface area contributed by atoms with E-state index in [1.165, 1.54) is 0 Å². The molecule has 0 bridgehead atoms. The van der Waals surface area contributed by atoms with Gasteiger partial charge < -0.3 is 19.8 Å². The molecule has 2 amide bonds. The fourth-order valence-electron chi connectivity index (χ4n) is 4.18. The number of carbonyl (C=O) groups excluding carboxylic acids is 2. The Morgan fingerprint density at radius 3 is 2.69 bits per heavy atom. The second kappa shape index (κ2) is 8.18. The van der Waals surface area contributed by atoms with Crippen molar-refractivity contribution in [1.29, 1.82) is 0 Å². The van der Waals surface area contributed by atoms with E-state index in [4.69, 9.17) is 0 Å². The molecule has 26 heavy (non-hydrogen) atoms. The highest BCUT2D eigenvalue weighted by molar-refractivity contribution is 5.99. The summed E-state index contributed by atoms with van der Waals surface area (Å²) in [7, 11) is 4.07. The maximum absolute atomic E-state index is 13.1. The van der Waals surface area contributed by atoms with Crippen molar-refractivity contribution in [3.8, 4) is 0 Å². The first-order valence-electron chi connectivity index (χ1n) is 9.43. The third-order valence-electron chi connectivity index (χ3n) is 5.27. The molecule has 0 unspecified atom stereocenters. The molecule has 2 atom stereocenters. The molecule has 6 nitrogen and oxygen atoms in total. The lowest BCUT2D eigenvalue weighted by Gasteiger charge is -2.38. The van der Waals surface area contributed by atoms with Crippen LogP contribution in [-0.4, -0.2) is 73.6 Å². The van der Waals surface area contributed by atoms with E-state index in [2.05, 4.69) is 4.90 Å². The number of rotatable bonds is 5. The Morgan fingerprint density at radius 1 is 1.27 bits per heavy atom. The second-order valence-electron chi connectivity index (χ2n) is 7.82. The van der Waals surface area contributed by atoms with Crippen LogP contribution in [0.25, 0.3) is 0 Å². The smallest absolute Gasteiger partial charge is 0.253 e. The van der Waals surface area contributed by atoms with Gasteiger partial charge in [0.25, 0.3) is 5.91 Å². The molecule has 2 saturated heterocycles. The van der Waals surface area contributed by atoms with E-state index >= 15 is 0 Å². The van der Waals surface area contributed by atoms with Crippen molar-refractivity contribution in [3.63, 3.8) is 0 Å². The quantitative estimate of drug-likeness (QED) is 0.864. The highest BCUT2D eigenvalue weighted by Crippen LogP contribution is 2.26. The van der Waals surface area contributed by atoms with Crippen molar-refractivity contribution in [2.45, 2.75) is 19.3 Å². The SMILES string of the molecule is CN(C)C[C@@H]1C[C@H](CO)CN(C(=O)c2cccc(N3CCCC3=O)c2)C1. The van der Waals surface area contributed by atoms with E-state index in [0.29, 0.717) is 31.0 Å². The summed E-state index contributed by atoms with van der Waals surface area (Å²) in [6, 6.07) is 7.38. The van der Waals surface area contributed by atoms with Gasteiger partial charge in [-0.05, 0) is 57.0 Å². The monoisotopic (exact) mass is 359 g/mol. The van der Waals surface area contributed by atoms with Gasteiger partial charge in [0.2, 0.25) is 5.91 Å². The largest absolute Gasteiger partial charge is 0.396 e. The predicted molar refractivity (Wildman–Crippen MR) is 101 cm³/mol. The summed E-state index contributed by atoms with van der Waals surface area (Å²) >= 11 is 0. The number of benzene rings is 1. The van der Waals surface area contributed by atoms with Gasteiger partial charge in [0.05, 0.1) is 0 Å². The lowest BCUT2D eigenvalue weighted by molar-refractivity contribution is -0.117. The topological polar surface area (TPSA) is 64.1 Å². The lowest BCUT2D eigenvalue weighted by atomic mass is 9.89. The fourth-order valence-corrected chi connectivity index (χ4v) is 4.18. The molecule has 2 aliphatic rings. The Kier molecular flexibility index (Phi) is 5.94. The van der Waals surface area contributed by atoms with Crippen molar-refractivity contribution in [2.75, 3.05) is 51.8 Å². The second-order valence-corrected chi connectivity index (χ2v) is 7.82. The van der Waals surface area contributed by atoms with Crippen molar-refractivity contribution < 1.29 is 14.7 Å². The minimum absolute atomic E-state index is 0.0135. The Balaban J connectivity index is 1.76. The summed E-state index contributed by atoms with van der Waals surface area (Å²) in [6.45, 7) is 3.03. The zero-order valence-electron chi connectivity index (χ0n) is 15.7. The molecule has 2 heterocycles. The Bertz CT molecular complexity index is 661. The summed E-state index contributed by atoms with van der Waals surface area (Å²) in [5.41, 5.74) is 1.42. The normalized spacial score (nSPS) is 23.8. The van der Waals surface area contributed by atoms with Crippen LogP contribution < -0.4 is 4.90 Å². The molecule has 1 N–H and O–H groups in total. The number of piperidine rings is 1. The minimum Gasteiger partial charge on any atom is -0.396 e. The molecule has 0 spiro atoms. The number of aliphatic hydroxyl groups excluding tert-OH is 1. The Hall–Kier alpha value is -1.92. The number of aliphatic hydroxyl groups is 1. The number of carbonyl (C=O) groups is 2. The van der Waals surface area contributed by atoms with Crippen LogP contribution in [0.4, 0.5) is 5.69 Å². The number of nitrogens with zero attached hydrogens (tertiary/aromatic N) is 3. The highest BCUT2D eigenvalue weighted by Gasteiger charge is 2.31. The molecule has 6 heteroatoms. The van der Waals surface area contributed by atoms with Gasteiger partial charge >= 0.3 is 0 Å². The van der Waals surface area contributed by atoms with E-state index in [1.807, 2.05) is 43.3 Å². The molecular formula is C20H29N3O3. The average Bonchev–Trinajstić information content (AvgIpc) is 3.06. The zero-order valence-corrected chi connectivity index (χ0v) is 15.7. The molecule has 1 aromatic carbocycles. The molecule has 2 fully saturated rings. The van der Waals surface area contributed by atoms with Crippen LogP contribution in [0, 0.1) is 11.8 Å². The zero-order chi connectivity index (χ0) is 18.7. The fraction of sp³-hybridized carbons (Fsp3) is 0.600. The van der Waals surface area contributed by atoms with Crippen molar-refractivity contribution in [1.82, 2.24) is 9.80 Å². The summed E-state index contributed by atoms with van der Waals surface area (Å²) in [4.78, 5) is 30.8. The Morgan fingerprint density at radius 2 is 2.04 bits per heavy atom. The molecular weight excluding hydrogens is 330 g/mol. The minimum atomic E-state index is -0.0135. The number of likely N-dealkylation sites (tertiary alicyclic amines) is 1. The number of hydrogen-bond donors (Lipinski definition) is 1. The predicted octanol–water partition coefficient (Wildman–Crippen LogP) is 1.45. The first-order valence-corrected chi connectivity index (χ1v) is 9.43. The molecule has 2 aliphatic heterocycles. The van der Waals surface area contributed by atoms with Gasteiger partial charge in [-0.15, -0.1) is 0 Å². The molecule has 1 aromatic rings. The molecule has 3 rings (SSSR count). The van der Waals surface area contributed by atoms with Gasteiger partial charge in [-0.25, -0.2) is 0 Å². The Labute approximate surface area is 155 Å². The number of anilines is 1. The van der Waals surface area contributed by atoms with Crippen LogP contribution in [0.2, 0.25) is 0 Å². The van der Waals surface area contributed by atoms with Crippen LogP contribution >= 0.6 is 0 Å². The number of amides is 2. The summed E-state index contributed by atoms with van der Waals surface area (Å²) in [5.74, 6) is 0.601. The molecule has 0 saturated carbocycles. The van der Waals surface area contributed by atoms with E-state index in [-0.39, 0.29) is 24.3 Å². The third-order valence-corrected chi connectivity index (χ3v) is 5.27. The van der Waals surface area contributed by atoms with Crippen LogP contribution in [0.3, 0.4) is 0 Å². The van der Waals surface area contributed by atoms with Gasteiger partial charge in [0, 0.05) is 50.5 Å². The highest BCUT2D eigenvalue weighted by atomic mass is 16.3. The molecule has 0 radical (unpaired) electrons. The van der Waals surface area contributed by atoms with E-state index in [0.717, 1.165) is 31.6 Å². The van der Waals surface area contributed by atoms with Crippen LogP contribution in [0.15, 0.2) is 24.3 Å². The van der Waals surface area contributed by atoms with Crippen LogP contribution in [0.1, 0.15) is 29.6 Å². The lowest BCUT2D eigenvalue weighted by Crippen LogP contribution is -2.47. The van der Waals surface area contributed by atoms with Gasteiger partial charge in [0.15, 0.2) is 0 Å². The average molecular weight is 359 g/mol. The van der Waals surface area contributed by atoms with Crippen molar-refractivity contribution in [2.24, 2.45) is 11.8 Å². The molecule has 0 aromatic heterocycles. The summed E-state index contributed by atoms with van der Waals surface area (Å²) in [6.07, 6.45) is 2.39. The number of hydrogen-bond acceptors (Lipinski definition) is 4. The van der Waals surface area contributed by atoms with Crippen molar-refractivity contribution in [3.05, 3.63) is 29.8 Å². The molecule has 0 aliphatic carbocycles. The standard InChI is InChI=1S/C20H29N3O3/c1-21(2)11-15-9-16(14-24)13-22(12-15)20(26)17-5-3-6-18(10-17)23-8-4-7-19(23)25/h3,5-6,10,15-16,24H,4,7-9,11-14H2,1-2H3/t15-,16-/m0/s1. The van der Waals surface area contributed by atoms with E-state index in [1.54, 1.807) is 4.90 Å². The maximum Gasteiger partial charge on any atom is 0.253 e. The van der Waals surface area contributed by atoms with Crippen LogP contribution in [-0.2, 0) is 4.79 Å². The first-order chi connectivity index (χ1) is 12.5. The van der Waals surface area contributed by atoms with Crippen LogP contribution in [0.5, 0.6) is 0 Å². The van der Waals surface area contributed by atoms with E-state index in [9.17, 15) is 14.7 Å². The van der Waals surface area contributed by atoms with E-state index < -0.39 is 0 Å².